The SMILES string of the molecule is CC(=O)N(c1ccc(C)cc1)c1ccc([N+](=O)[O-])cc1. The number of hydrogen-bond donors (Lipinski definition) is 0. The van der Waals surface area contributed by atoms with Gasteiger partial charge in [0.15, 0.2) is 0 Å². The van der Waals surface area contributed by atoms with E-state index in [0.717, 1.165) is 11.3 Å². The minimum atomic E-state index is -0.465. The fraction of sp³-hybridized carbons (Fsp3) is 0.133. The van der Waals surface area contributed by atoms with Gasteiger partial charge in [-0.1, -0.05) is 17.7 Å². The largest absolute Gasteiger partial charge is 0.281 e. The maximum atomic E-state index is 11.8. The third-order valence-corrected chi connectivity index (χ3v) is 2.93. The van der Waals surface area contributed by atoms with Crippen molar-refractivity contribution in [3.63, 3.8) is 0 Å². The number of rotatable bonds is 3. The second-order valence-corrected chi connectivity index (χ2v) is 4.46. The molecule has 2 aromatic carbocycles. The maximum Gasteiger partial charge on any atom is 0.269 e. The highest BCUT2D eigenvalue weighted by Gasteiger charge is 2.15. The van der Waals surface area contributed by atoms with E-state index in [2.05, 4.69) is 0 Å². The van der Waals surface area contributed by atoms with Crippen molar-refractivity contribution in [2.24, 2.45) is 0 Å². The number of nitro groups is 1. The summed E-state index contributed by atoms with van der Waals surface area (Å²) in [5.74, 6) is -0.150. The van der Waals surface area contributed by atoms with E-state index in [0.29, 0.717) is 5.69 Å². The van der Waals surface area contributed by atoms with Crippen LogP contribution in [0, 0.1) is 17.0 Å². The smallest absolute Gasteiger partial charge is 0.269 e. The minimum Gasteiger partial charge on any atom is -0.281 e. The van der Waals surface area contributed by atoms with Crippen molar-refractivity contribution in [3.05, 3.63) is 64.2 Å². The molecule has 5 heteroatoms. The molecule has 2 aromatic rings. The Morgan fingerprint density at radius 2 is 1.45 bits per heavy atom. The third-order valence-electron chi connectivity index (χ3n) is 2.93. The number of benzene rings is 2. The molecule has 0 aliphatic heterocycles. The van der Waals surface area contributed by atoms with Crippen molar-refractivity contribution in [1.82, 2.24) is 0 Å². The summed E-state index contributed by atoms with van der Waals surface area (Å²) in [7, 11) is 0. The highest BCUT2D eigenvalue weighted by Crippen LogP contribution is 2.27. The molecule has 20 heavy (non-hydrogen) atoms. The molecule has 0 aliphatic rings. The predicted molar refractivity (Wildman–Crippen MR) is 77.1 cm³/mol. The zero-order chi connectivity index (χ0) is 14.7. The number of nitro benzene ring substituents is 1. The van der Waals surface area contributed by atoms with Crippen LogP contribution in [0.15, 0.2) is 48.5 Å². The van der Waals surface area contributed by atoms with Crippen LogP contribution in [-0.4, -0.2) is 10.8 Å². The Labute approximate surface area is 116 Å². The van der Waals surface area contributed by atoms with E-state index in [1.165, 1.54) is 24.0 Å². The summed E-state index contributed by atoms with van der Waals surface area (Å²) in [5, 5.41) is 10.6. The van der Waals surface area contributed by atoms with Crippen molar-refractivity contribution in [1.29, 1.82) is 0 Å². The summed E-state index contributed by atoms with van der Waals surface area (Å²) in [6, 6.07) is 13.4. The van der Waals surface area contributed by atoms with Gasteiger partial charge in [0.05, 0.1) is 4.92 Å². The molecule has 0 fully saturated rings. The molecule has 0 saturated heterocycles. The molecule has 102 valence electrons. The van der Waals surface area contributed by atoms with Gasteiger partial charge >= 0.3 is 0 Å². The van der Waals surface area contributed by atoms with Crippen LogP contribution in [0.2, 0.25) is 0 Å². The molecule has 0 aliphatic carbocycles. The zero-order valence-electron chi connectivity index (χ0n) is 11.2. The Balaban J connectivity index is 2.40. The van der Waals surface area contributed by atoms with Gasteiger partial charge in [-0.3, -0.25) is 19.8 Å². The highest BCUT2D eigenvalue weighted by molar-refractivity contribution is 5.99. The number of anilines is 2. The Hall–Kier alpha value is -2.69. The van der Waals surface area contributed by atoms with Gasteiger partial charge in [0.25, 0.3) is 5.69 Å². The number of nitrogens with zero attached hydrogens (tertiary/aromatic N) is 2. The van der Waals surface area contributed by atoms with E-state index < -0.39 is 4.92 Å². The molecular formula is C15H14N2O3. The van der Waals surface area contributed by atoms with Crippen molar-refractivity contribution in [3.8, 4) is 0 Å². The van der Waals surface area contributed by atoms with E-state index in [9.17, 15) is 14.9 Å². The number of aryl methyl sites for hydroxylation is 1. The van der Waals surface area contributed by atoms with E-state index in [1.807, 2.05) is 31.2 Å². The lowest BCUT2D eigenvalue weighted by atomic mass is 10.2. The summed E-state index contributed by atoms with van der Waals surface area (Å²) >= 11 is 0. The van der Waals surface area contributed by atoms with Crippen molar-refractivity contribution in [2.75, 3.05) is 4.90 Å². The van der Waals surface area contributed by atoms with Gasteiger partial charge in [-0.05, 0) is 31.2 Å². The summed E-state index contributed by atoms with van der Waals surface area (Å²) in [6.45, 7) is 3.43. The molecule has 0 radical (unpaired) electrons. The lowest BCUT2D eigenvalue weighted by Gasteiger charge is -2.21. The Morgan fingerprint density at radius 3 is 1.85 bits per heavy atom. The number of carbonyl (C=O) groups is 1. The average Bonchev–Trinajstić information content (AvgIpc) is 2.41. The summed E-state index contributed by atoms with van der Waals surface area (Å²) in [6.07, 6.45) is 0. The molecule has 0 atom stereocenters. The first kappa shape index (κ1) is 13.7. The predicted octanol–water partition coefficient (Wildman–Crippen LogP) is 3.59. The molecule has 0 N–H and O–H groups in total. The van der Waals surface area contributed by atoms with Crippen LogP contribution in [0.25, 0.3) is 0 Å². The minimum absolute atomic E-state index is 0.00107. The first-order valence-electron chi connectivity index (χ1n) is 6.11. The van der Waals surface area contributed by atoms with Gasteiger partial charge in [-0.2, -0.15) is 0 Å². The van der Waals surface area contributed by atoms with E-state index >= 15 is 0 Å². The second kappa shape index (κ2) is 5.52. The van der Waals surface area contributed by atoms with Crippen LogP contribution < -0.4 is 4.90 Å². The second-order valence-electron chi connectivity index (χ2n) is 4.46. The zero-order valence-corrected chi connectivity index (χ0v) is 11.2. The van der Waals surface area contributed by atoms with E-state index in [-0.39, 0.29) is 11.6 Å². The van der Waals surface area contributed by atoms with Crippen LogP contribution in [0.3, 0.4) is 0 Å². The molecule has 0 saturated carbocycles. The number of amides is 1. The molecular weight excluding hydrogens is 256 g/mol. The summed E-state index contributed by atoms with van der Waals surface area (Å²) in [4.78, 5) is 23.5. The number of non-ortho nitro benzene ring substituents is 1. The standard InChI is InChI=1S/C15H14N2O3/c1-11-3-5-13(6-4-11)16(12(2)18)14-7-9-15(10-8-14)17(19)20/h3-10H,1-2H3. The van der Waals surface area contributed by atoms with Crippen LogP contribution in [0.4, 0.5) is 17.1 Å². The third kappa shape index (κ3) is 2.83. The highest BCUT2D eigenvalue weighted by atomic mass is 16.6. The molecule has 0 unspecified atom stereocenters. The Kier molecular flexibility index (Phi) is 3.79. The van der Waals surface area contributed by atoms with Crippen LogP contribution in [0.5, 0.6) is 0 Å². The lowest BCUT2D eigenvalue weighted by molar-refractivity contribution is -0.384. The molecule has 0 spiro atoms. The number of carbonyl (C=O) groups excluding carboxylic acids is 1. The topological polar surface area (TPSA) is 63.5 Å². The number of hydrogen-bond acceptors (Lipinski definition) is 3. The average molecular weight is 270 g/mol. The quantitative estimate of drug-likeness (QED) is 0.632. The fourth-order valence-corrected chi connectivity index (χ4v) is 1.93. The van der Waals surface area contributed by atoms with Gasteiger partial charge in [0.1, 0.15) is 0 Å². The van der Waals surface area contributed by atoms with Crippen LogP contribution >= 0.6 is 0 Å². The van der Waals surface area contributed by atoms with Gasteiger partial charge < -0.3 is 0 Å². The van der Waals surface area contributed by atoms with Crippen molar-refractivity contribution < 1.29 is 9.72 Å². The van der Waals surface area contributed by atoms with Crippen LogP contribution in [0.1, 0.15) is 12.5 Å². The van der Waals surface area contributed by atoms with Gasteiger partial charge in [0, 0.05) is 30.4 Å². The van der Waals surface area contributed by atoms with Gasteiger partial charge in [0.2, 0.25) is 5.91 Å². The first-order valence-corrected chi connectivity index (χ1v) is 6.11. The molecule has 1 amide bonds. The molecule has 0 heterocycles. The summed E-state index contributed by atoms with van der Waals surface area (Å²) in [5.41, 5.74) is 2.44. The fourth-order valence-electron chi connectivity index (χ4n) is 1.93. The molecule has 2 rings (SSSR count). The van der Waals surface area contributed by atoms with Crippen molar-refractivity contribution in [2.45, 2.75) is 13.8 Å². The van der Waals surface area contributed by atoms with E-state index in [4.69, 9.17) is 0 Å². The van der Waals surface area contributed by atoms with Crippen molar-refractivity contribution >= 4 is 23.0 Å². The molecule has 0 bridgehead atoms. The Bertz CT molecular complexity index is 633. The normalized spacial score (nSPS) is 10.1. The maximum absolute atomic E-state index is 11.8. The monoisotopic (exact) mass is 270 g/mol. The Morgan fingerprint density at radius 1 is 1.00 bits per heavy atom. The first-order chi connectivity index (χ1) is 9.49. The van der Waals surface area contributed by atoms with Crippen LogP contribution in [-0.2, 0) is 4.79 Å². The van der Waals surface area contributed by atoms with Gasteiger partial charge in [-0.25, -0.2) is 0 Å². The summed E-state index contributed by atoms with van der Waals surface area (Å²) < 4.78 is 0. The molecule has 0 aromatic heterocycles. The lowest BCUT2D eigenvalue weighted by Crippen LogP contribution is -2.22. The van der Waals surface area contributed by atoms with E-state index in [1.54, 1.807) is 12.1 Å². The molecule has 5 nitrogen and oxygen atoms in total. The van der Waals surface area contributed by atoms with Gasteiger partial charge in [-0.15, -0.1) is 0 Å².